The highest BCUT2D eigenvalue weighted by molar-refractivity contribution is 7.99. The van der Waals surface area contributed by atoms with Crippen LogP contribution in [0.1, 0.15) is 37.9 Å². The van der Waals surface area contributed by atoms with Crippen molar-refractivity contribution in [3.63, 3.8) is 0 Å². The molecule has 0 aliphatic heterocycles. The predicted octanol–water partition coefficient (Wildman–Crippen LogP) is 3.57. The van der Waals surface area contributed by atoms with Gasteiger partial charge in [-0.15, -0.1) is 11.8 Å². The van der Waals surface area contributed by atoms with E-state index in [1.807, 2.05) is 11.8 Å². The van der Waals surface area contributed by atoms with Crippen LogP contribution in [0.2, 0.25) is 0 Å². The molecule has 0 bridgehead atoms. The summed E-state index contributed by atoms with van der Waals surface area (Å²) < 4.78 is 0. The predicted molar refractivity (Wildman–Crippen MR) is 76.8 cm³/mol. The van der Waals surface area contributed by atoms with Crippen molar-refractivity contribution >= 4 is 11.8 Å². The fourth-order valence-corrected chi connectivity index (χ4v) is 2.94. The molecule has 17 heavy (non-hydrogen) atoms. The second kappa shape index (κ2) is 7.72. The highest BCUT2D eigenvalue weighted by Gasteiger charge is 2.06. The van der Waals surface area contributed by atoms with Gasteiger partial charge in [-0.3, -0.25) is 0 Å². The summed E-state index contributed by atoms with van der Waals surface area (Å²) >= 11 is 1.86. The van der Waals surface area contributed by atoms with Gasteiger partial charge >= 0.3 is 0 Å². The van der Waals surface area contributed by atoms with Gasteiger partial charge in [0.15, 0.2) is 0 Å². The van der Waals surface area contributed by atoms with E-state index in [-0.39, 0.29) is 0 Å². The minimum absolute atomic E-state index is 0.600. The van der Waals surface area contributed by atoms with E-state index in [0.29, 0.717) is 6.04 Å². The van der Waals surface area contributed by atoms with Gasteiger partial charge < -0.3 is 5.32 Å². The highest BCUT2D eigenvalue weighted by atomic mass is 32.2. The summed E-state index contributed by atoms with van der Waals surface area (Å²) in [4.78, 5) is 4.56. The topological polar surface area (TPSA) is 24.9 Å². The van der Waals surface area contributed by atoms with Crippen LogP contribution in [-0.4, -0.2) is 23.3 Å². The number of pyridine rings is 1. The molecule has 1 unspecified atom stereocenters. The molecule has 0 spiro atoms. The Morgan fingerprint density at radius 2 is 2.06 bits per heavy atom. The van der Waals surface area contributed by atoms with E-state index in [2.05, 4.69) is 50.1 Å². The van der Waals surface area contributed by atoms with Crippen LogP contribution in [0.4, 0.5) is 0 Å². The summed E-state index contributed by atoms with van der Waals surface area (Å²) in [6, 6.07) is 4.89. The van der Waals surface area contributed by atoms with Gasteiger partial charge in [0.05, 0.1) is 5.03 Å². The van der Waals surface area contributed by atoms with Gasteiger partial charge in [-0.1, -0.05) is 13.8 Å². The van der Waals surface area contributed by atoms with E-state index in [9.17, 15) is 0 Å². The molecular formula is C14H24N2S. The van der Waals surface area contributed by atoms with E-state index >= 15 is 0 Å². The van der Waals surface area contributed by atoms with Crippen molar-refractivity contribution < 1.29 is 0 Å². The van der Waals surface area contributed by atoms with E-state index in [1.54, 1.807) is 0 Å². The fraction of sp³-hybridized carbons (Fsp3) is 0.643. The monoisotopic (exact) mass is 252 g/mol. The average Bonchev–Trinajstić information content (AvgIpc) is 2.28. The molecule has 3 heteroatoms. The molecule has 0 radical (unpaired) electrons. The zero-order chi connectivity index (χ0) is 12.7. The molecular weight excluding hydrogens is 228 g/mol. The van der Waals surface area contributed by atoms with Crippen molar-refractivity contribution in [2.24, 2.45) is 0 Å². The number of aromatic nitrogens is 1. The molecule has 0 aliphatic rings. The Bertz CT molecular complexity index is 319. The number of hydrogen-bond acceptors (Lipinski definition) is 3. The molecule has 0 aromatic carbocycles. The summed E-state index contributed by atoms with van der Waals surface area (Å²) in [6.45, 7) is 9.75. The van der Waals surface area contributed by atoms with Crippen LogP contribution in [0, 0.1) is 13.8 Å². The van der Waals surface area contributed by atoms with E-state index in [4.69, 9.17) is 0 Å². The first-order valence-corrected chi connectivity index (χ1v) is 7.45. The SMILES string of the molecule is CCCNC(CC)CSc1cc(C)cc(C)n1. The second-order valence-corrected chi connectivity index (χ2v) is 5.53. The lowest BCUT2D eigenvalue weighted by atomic mass is 10.2. The summed E-state index contributed by atoms with van der Waals surface area (Å²) in [6.07, 6.45) is 2.38. The molecule has 1 rings (SSSR count). The highest BCUT2D eigenvalue weighted by Crippen LogP contribution is 2.19. The molecule has 1 heterocycles. The van der Waals surface area contributed by atoms with E-state index < -0.39 is 0 Å². The van der Waals surface area contributed by atoms with Crippen LogP contribution in [0.15, 0.2) is 17.2 Å². The number of thioether (sulfide) groups is 1. The largest absolute Gasteiger partial charge is 0.313 e. The van der Waals surface area contributed by atoms with Crippen LogP contribution in [0.3, 0.4) is 0 Å². The number of aryl methyl sites for hydroxylation is 2. The first-order chi connectivity index (χ1) is 8.15. The quantitative estimate of drug-likeness (QED) is 0.751. The third-order valence-electron chi connectivity index (χ3n) is 2.68. The number of nitrogens with one attached hydrogen (secondary N) is 1. The lowest BCUT2D eigenvalue weighted by Crippen LogP contribution is -2.31. The normalized spacial score (nSPS) is 12.7. The Hall–Kier alpha value is -0.540. The average molecular weight is 252 g/mol. The lowest BCUT2D eigenvalue weighted by Gasteiger charge is -2.15. The van der Waals surface area contributed by atoms with Gasteiger partial charge in [-0.05, 0) is 50.9 Å². The van der Waals surface area contributed by atoms with Gasteiger partial charge in [0.25, 0.3) is 0 Å². The number of nitrogens with zero attached hydrogens (tertiary/aromatic N) is 1. The third kappa shape index (κ3) is 5.55. The van der Waals surface area contributed by atoms with Crippen LogP contribution >= 0.6 is 11.8 Å². The second-order valence-electron chi connectivity index (χ2n) is 4.49. The molecule has 0 amide bonds. The van der Waals surface area contributed by atoms with Gasteiger partial charge in [0.2, 0.25) is 0 Å². The summed E-state index contributed by atoms with van der Waals surface area (Å²) in [5.74, 6) is 1.10. The molecule has 0 fully saturated rings. The molecule has 1 aromatic heterocycles. The Kier molecular flexibility index (Phi) is 6.60. The van der Waals surface area contributed by atoms with Crippen LogP contribution in [0.25, 0.3) is 0 Å². The Morgan fingerprint density at radius 1 is 1.29 bits per heavy atom. The Morgan fingerprint density at radius 3 is 2.65 bits per heavy atom. The van der Waals surface area contributed by atoms with Gasteiger partial charge in [0, 0.05) is 17.5 Å². The minimum atomic E-state index is 0.600. The first kappa shape index (κ1) is 14.5. The maximum Gasteiger partial charge on any atom is 0.0966 e. The zero-order valence-corrected chi connectivity index (χ0v) is 12.2. The van der Waals surface area contributed by atoms with Crippen molar-refractivity contribution in [3.05, 3.63) is 23.4 Å². The third-order valence-corrected chi connectivity index (χ3v) is 3.76. The van der Waals surface area contributed by atoms with Crippen molar-refractivity contribution in [2.45, 2.75) is 51.6 Å². The van der Waals surface area contributed by atoms with Crippen molar-refractivity contribution in [2.75, 3.05) is 12.3 Å². The fourth-order valence-electron chi connectivity index (χ4n) is 1.73. The first-order valence-electron chi connectivity index (χ1n) is 6.47. The van der Waals surface area contributed by atoms with Crippen molar-refractivity contribution in [3.8, 4) is 0 Å². The van der Waals surface area contributed by atoms with Crippen molar-refractivity contribution in [1.29, 1.82) is 0 Å². The smallest absolute Gasteiger partial charge is 0.0966 e. The summed E-state index contributed by atoms with van der Waals surface area (Å²) in [7, 11) is 0. The van der Waals surface area contributed by atoms with Crippen LogP contribution < -0.4 is 5.32 Å². The zero-order valence-electron chi connectivity index (χ0n) is 11.4. The van der Waals surface area contributed by atoms with Gasteiger partial charge in [-0.2, -0.15) is 0 Å². The molecule has 1 N–H and O–H groups in total. The Labute approximate surface area is 110 Å². The standard InChI is InChI=1S/C14H24N2S/c1-5-7-15-13(6-2)10-17-14-9-11(3)8-12(4)16-14/h8-9,13,15H,5-7,10H2,1-4H3. The summed E-state index contributed by atoms with van der Waals surface area (Å²) in [5.41, 5.74) is 2.41. The van der Waals surface area contributed by atoms with Crippen LogP contribution in [-0.2, 0) is 0 Å². The number of hydrogen-bond donors (Lipinski definition) is 1. The molecule has 2 nitrogen and oxygen atoms in total. The maximum absolute atomic E-state index is 4.56. The molecule has 0 aliphatic carbocycles. The van der Waals surface area contributed by atoms with Gasteiger partial charge in [0.1, 0.15) is 0 Å². The molecule has 1 aromatic rings. The van der Waals surface area contributed by atoms with Gasteiger partial charge in [-0.25, -0.2) is 4.98 Å². The van der Waals surface area contributed by atoms with E-state index in [0.717, 1.165) is 23.0 Å². The molecule has 1 atom stereocenters. The van der Waals surface area contributed by atoms with E-state index in [1.165, 1.54) is 18.4 Å². The Balaban J connectivity index is 2.47. The lowest BCUT2D eigenvalue weighted by molar-refractivity contribution is 0.539. The maximum atomic E-state index is 4.56. The molecule has 96 valence electrons. The van der Waals surface area contributed by atoms with Crippen LogP contribution in [0.5, 0.6) is 0 Å². The molecule has 0 saturated heterocycles. The molecule has 0 saturated carbocycles. The number of rotatable bonds is 7. The van der Waals surface area contributed by atoms with Crippen molar-refractivity contribution in [1.82, 2.24) is 10.3 Å². The summed E-state index contributed by atoms with van der Waals surface area (Å²) in [5, 5.41) is 4.72. The minimum Gasteiger partial charge on any atom is -0.313 e.